The first-order chi connectivity index (χ1) is 9.49. The predicted molar refractivity (Wildman–Crippen MR) is 76.2 cm³/mol. The molecule has 0 radical (unpaired) electrons. The zero-order chi connectivity index (χ0) is 14.3. The number of nitrogen functional groups attached to an aromatic ring is 1. The molecule has 1 aliphatic rings. The molecule has 3 heterocycles. The maximum Gasteiger partial charge on any atom is 0.260 e. The normalized spacial score (nSPS) is 21.6. The van der Waals surface area contributed by atoms with Gasteiger partial charge in [-0.1, -0.05) is 0 Å². The number of hydrogen-bond acceptors (Lipinski definition) is 6. The highest BCUT2D eigenvalue weighted by atomic mass is 32.2. The molecule has 1 saturated heterocycles. The van der Waals surface area contributed by atoms with Gasteiger partial charge in [-0.05, 0) is 13.3 Å². The van der Waals surface area contributed by atoms with Crippen LogP contribution in [0, 0.1) is 5.92 Å². The van der Waals surface area contributed by atoms with Crippen molar-refractivity contribution in [3.8, 4) is 0 Å². The molecule has 3 N–H and O–H groups in total. The first kappa shape index (κ1) is 13.8. The summed E-state index contributed by atoms with van der Waals surface area (Å²) in [5.41, 5.74) is 5.74. The minimum atomic E-state index is -3.70. The maximum absolute atomic E-state index is 12.5. The number of imidazole rings is 1. The number of aromatic nitrogens is 2. The second kappa shape index (κ2) is 4.99. The van der Waals surface area contributed by atoms with Crippen LogP contribution in [0.2, 0.25) is 0 Å². The zero-order valence-electron chi connectivity index (χ0n) is 10.9. The highest BCUT2D eigenvalue weighted by molar-refractivity contribution is 7.89. The van der Waals surface area contributed by atoms with Gasteiger partial charge in [-0.3, -0.25) is 4.40 Å². The molecule has 0 aromatic carbocycles. The van der Waals surface area contributed by atoms with Crippen LogP contribution in [-0.2, 0) is 14.8 Å². The van der Waals surface area contributed by atoms with Crippen molar-refractivity contribution in [3.63, 3.8) is 0 Å². The fourth-order valence-electron chi connectivity index (χ4n) is 2.39. The summed E-state index contributed by atoms with van der Waals surface area (Å²) < 4.78 is 34.5. The van der Waals surface area contributed by atoms with Crippen LogP contribution in [0.4, 0.5) is 5.82 Å². The predicted octanol–water partition coefficient (Wildman–Crippen LogP) is 0.681. The highest BCUT2D eigenvalue weighted by Crippen LogP contribution is 2.24. The van der Waals surface area contributed by atoms with Gasteiger partial charge in [0.2, 0.25) is 0 Å². The van der Waals surface area contributed by atoms with Crippen LogP contribution in [0.3, 0.4) is 0 Å². The van der Waals surface area contributed by atoms with Crippen molar-refractivity contribution < 1.29 is 13.2 Å². The number of nitrogens with two attached hydrogens (primary N) is 1. The molecule has 2 aromatic heterocycles. The highest BCUT2D eigenvalue weighted by Gasteiger charge is 2.30. The summed E-state index contributed by atoms with van der Waals surface area (Å²) in [4.78, 5) is 4.63. The molecule has 3 rings (SSSR count). The lowest BCUT2D eigenvalue weighted by Crippen LogP contribution is -2.39. The van der Waals surface area contributed by atoms with Crippen molar-refractivity contribution in [2.24, 2.45) is 5.92 Å². The third kappa shape index (κ3) is 2.30. The van der Waals surface area contributed by atoms with Crippen molar-refractivity contribution in [2.75, 3.05) is 18.9 Å². The molecule has 2 atom stereocenters. The smallest absolute Gasteiger partial charge is 0.260 e. The minimum Gasteiger partial charge on any atom is -0.381 e. The molecule has 7 nitrogen and oxygen atoms in total. The van der Waals surface area contributed by atoms with E-state index in [9.17, 15) is 8.42 Å². The number of nitrogens with zero attached hydrogens (tertiary/aromatic N) is 2. The molecule has 0 bridgehead atoms. The molecular formula is C11H16N4O3S2. The summed E-state index contributed by atoms with van der Waals surface area (Å²) in [5.74, 6) is 0.219. The van der Waals surface area contributed by atoms with Gasteiger partial charge in [0.1, 0.15) is 0 Å². The molecule has 1 aliphatic heterocycles. The number of hydrogen-bond donors (Lipinski definition) is 2. The third-order valence-electron chi connectivity index (χ3n) is 3.51. The Balaban J connectivity index is 1.91. The number of anilines is 1. The molecule has 1 fully saturated rings. The number of sulfonamides is 1. The summed E-state index contributed by atoms with van der Waals surface area (Å²) in [6.45, 7) is 3.11. The average molecular weight is 316 g/mol. The second-order valence-corrected chi connectivity index (χ2v) is 7.39. The maximum atomic E-state index is 12.5. The number of thiazole rings is 1. The first-order valence-electron chi connectivity index (χ1n) is 6.30. The SMILES string of the molecule is CC(NS(=O)(=O)c1c(N)nc2sccn12)C1CCOC1. The van der Waals surface area contributed by atoms with E-state index in [-0.39, 0.29) is 22.8 Å². The fraction of sp³-hybridized carbons (Fsp3) is 0.545. The molecule has 20 heavy (non-hydrogen) atoms. The van der Waals surface area contributed by atoms with Gasteiger partial charge in [0.25, 0.3) is 10.0 Å². The molecule has 110 valence electrons. The Labute approximate surface area is 120 Å². The molecule has 2 aromatic rings. The van der Waals surface area contributed by atoms with Crippen molar-refractivity contribution in [2.45, 2.75) is 24.4 Å². The minimum absolute atomic E-state index is 0.0134. The van der Waals surface area contributed by atoms with Crippen LogP contribution in [0.15, 0.2) is 16.6 Å². The van der Waals surface area contributed by atoms with Crippen LogP contribution in [-0.4, -0.2) is 37.1 Å². The molecule has 0 amide bonds. The standard InChI is InChI=1S/C11H16N4O3S2/c1-7(8-2-4-18-6-8)14-20(16,17)10-9(12)13-11-15(10)3-5-19-11/h3,5,7-8,14H,2,4,6,12H2,1H3. The average Bonchev–Trinajstić information content (AvgIpc) is 3.01. The molecule has 0 aliphatic carbocycles. The lowest BCUT2D eigenvalue weighted by molar-refractivity contribution is 0.180. The van der Waals surface area contributed by atoms with Gasteiger partial charge in [0.05, 0.1) is 6.61 Å². The Bertz CT molecular complexity index is 715. The van der Waals surface area contributed by atoms with E-state index >= 15 is 0 Å². The Hall–Kier alpha value is -1.16. The van der Waals surface area contributed by atoms with Crippen molar-refractivity contribution in [1.29, 1.82) is 0 Å². The van der Waals surface area contributed by atoms with Gasteiger partial charge in [0.15, 0.2) is 15.8 Å². The van der Waals surface area contributed by atoms with E-state index in [0.29, 0.717) is 18.2 Å². The largest absolute Gasteiger partial charge is 0.381 e. The topological polar surface area (TPSA) is 98.7 Å². The first-order valence-corrected chi connectivity index (χ1v) is 8.66. The van der Waals surface area contributed by atoms with E-state index in [0.717, 1.165) is 6.42 Å². The van der Waals surface area contributed by atoms with Crippen LogP contribution in [0.1, 0.15) is 13.3 Å². The van der Waals surface area contributed by atoms with Gasteiger partial charge in [-0.15, -0.1) is 11.3 Å². The van der Waals surface area contributed by atoms with Crippen LogP contribution < -0.4 is 10.5 Å². The van der Waals surface area contributed by atoms with Crippen LogP contribution >= 0.6 is 11.3 Å². The Kier molecular flexibility index (Phi) is 3.44. The van der Waals surface area contributed by atoms with Crippen molar-refractivity contribution >= 4 is 32.1 Å². The van der Waals surface area contributed by atoms with Crippen molar-refractivity contribution in [3.05, 3.63) is 11.6 Å². The summed E-state index contributed by atoms with van der Waals surface area (Å²) in [6, 6.07) is -0.203. The zero-order valence-corrected chi connectivity index (χ0v) is 12.6. The summed E-state index contributed by atoms with van der Waals surface area (Å²) >= 11 is 1.34. The Morgan fingerprint density at radius 3 is 3.15 bits per heavy atom. The van der Waals surface area contributed by atoms with E-state index in [1.807, 2.05) is 6.92 Å². The fourth-order valence-corrected chi connectivity index (χ4v) is 4.69. The second-order valence-electron chi connectivity index (χ2n) is 4.89. The lowest BCUT2D eigenvalue weighted by atomic mass is 10.0. The van der Waals surface area contributed by atoms with E-state index in [1.165, 1.54) is 15.7 Å². The number of fused-ring (bicyclic) bond motifs is 1. The Morgan fingerprint density at radius 2 is 2.45 bits per heavy atom. The van der Waals surface area contributed by atoms with Crippen LogP contribution in [0.5, 0.6) is 0 Å². The molecule has 0 saturated carbocycles. The molecular weight excluding hydrogens is 300 g/mol. The van der Waals surface area contributed by atoms with E-state index < -0.39 is 10.0 Å². The van der Waals surface area contributed by atoms with Gasteiger partial charge in [-0.25, -0.2) is 18.1 Å². The van der Waals surface area contributed by atoms with Gasteiger partial charge in [0, 0.05) is 30.1 Å². The van der Waals surface area contributed by atoms with Crippen molar-refractivity contribution in [1.82, 2.24) is 14.1 Å². The van der Waals surface area contributed by atoms with Gasteiger partial charge >= 0.3 is 0 Å². The Morgan fingerprint density at radius 1 is 1.65 bits per heavy atom. The quantitative estimate of drug-likeness (QED) is 0.864. The van der Waals surface area contributed by atoms with E-state index in [1.54, 1.807) is 11.6 Å². The number of ether oxygens (including phenoxy) is 1. The van der Waals surface area contributed by atoms with Gasteiger partial charge < -0.3 is 10.5 Å². The summed E-state index contributed by atoms with van der Waals surface area (Å²) in [5, 5.41) is 1.79. The third-order valence-corrected chi connectivity index (χ3v) is 5.86. The monoisotopic (exact) mass is 316 g/mol. The van der Waals surface area contributed by atoms with E-state index in [4.69, 9.17) is 10.5 Å². The number of nitrogens with one attached hydrogen (secondary N) is 1. The molecule has 2 unspecified atom stereocenters. The lowest BCUT2D eigenvalue weighted by Gasteiger charge is -2.18. The number of rotatable bonds is 4. The summed E-state index contributed by atoms with van der Waals surface area (Å²) in [6.07, 6.45) is 2.51. The van der Waals surface area contributed by atoms with E-state index in [2.05, 4.69) is 9.71 Å². The summed E-state index contributed by atoms with van der Waals surface area (Å²) in [7, 11) is -3.70. The van der Waals surface area contributed by atoms with Crippen LogP contribution in [0.25, 0.3) is 4.96 Å². The van der Waals surface area contributed by atoms with Gasteiger partial charge in [-0.2, -0.15) is 0 Å². The molecule has 9 heteroatoms. The molecule has 0 spiro atoms.